The topological polar surface area (TPSA) is 121 Å². The van der Waals surface area contributed by atoms with E-state index >= 15 is 0 Å². The normalized spacial score (nSPS) is 27.5. The molecule has 9 nitrogen and oxygen atoms in total. The van der Waals surface area contributed by atoms with Crippen LogP contribution in [0.2, 0.25) is 0 Å². The van der Waals surface area contributed by atoms with Crippen molar-refractivity contribution in [2.24, 2.45) is 0 Å². The first-order chi connectivity index (χ1) is 11.2. The second kappa shape index (κ2) is 10.4. The molecule has 1 rings (SSSR count). The summed E-state index contributed by atoms with van der Waals surface area (Å²) in [6, 6.07) is 0. The maximum Gasteiger partial charge on any atom is 0.474 e. The summed E-state index contributed by atoms with van der Waals surface area (Å²) in [5.74, 6) is 0. The molecule has 3 unspecified atom stereocenters. The molecular formula is C13H28O9P2. The Morgan fingerprint density at radius 2 is 1.88 bits per heavy atom. The maximum atomic E-state index is 12.0. The van der Waals surface area contributed by atoms with E-state index in [-0.39, 0.29) is 19.6 Å². The molecule has 0 aromatic heterocycles. The van der Waals surface area contributed by atoms with E-state index in [2.05, 4.69) is 0 Å². The first kappa shape index (κ1) is 22.2. The SMILES string of the molecule is CCCCOP(=O)(O)O[C@H]1CCO[C@@H]1OP(=O)(O)OC(C)CCC. The number of ether oxygens (including phenoxy) is 1. The Morgan fingerprint density at radius 3 is 2.50 bits per heavy atom. The minimum atomic E-state index is -4.37. The highest BCUT2D eigenvalue weighted by Gasteiger charge is 2.41. The Labute approximate surface area is 142 Å². The van der Waals surface area contributed by atoms with Gasteiger partial charge < -0.3 is 14.5 Å². The van der Waals surface area contributed by atoms with E-state index in [0.29, 0.717) is 12.8 Å². The van der Waals surface area contributed by atoms with Crippen molar-refractivity contribution in [2.45, 2.75) is 71.4 Å². The van der Waals surface area contributed by atoms with Crippen LogP contribution in [0.5, 0.6) is 0 Å². The molecule has 0 radical (unpaired) electrons. The Bertz CT molecular complexity index is 459. The molecule has 11 heteroatoms. The largest absolute Gasteiger partial charge is 0.474 e. The van der Waals surface area contributed by atoms with Crippen molar-refractivity contribution in [3.05, 3.63) is 0 Å². The lowest BCUT2D eigenvalue weighted by Crippen LogP contribution is -2.26. The van der Waals surface area contributed by atoms with Gasteiger partial charge in [0.15, 0.2) is 6.29 Å². The molecule has 0 aliphatic carbocycles. The van der Waals surface area contributed by atoms with Gasteiger partial charge >= 0.3 is 15.6 Å². The van der Waals surface area contributed by atoms with E-state index in [1.165, 1.54) is 0 Å². The molecule has 144 valence electrons. The molecule has 1 fully saturated rings. The van der Waals surface area contributed by atoms with Crippen LogP contribution in [0.15, 0.2) is 0 Å². The monoisotopic (exact) mass is 390 g/mol. The van der Waals surface area contributed by atoms with E-state index < -0.39 is 34.1 Å². The summed E-state index contributed by atoms with van der Waals surface area (Å²) < 4.78 is 48.8. The van der Waals surface area contributed by atoms with Gasteiger partial charge in [0.05, 0.1) is 19.3 Å². The lowest BCUT2D eigenvalue weighted by Gasteiger charge is -2.24. The highest BCUT2D eigenvalue weighted by atomic mass is 31.2. The van der Waals surface area contributed by atoms with Gasteiger partial charge in [0.2, 0.25) is 0 Å². The highest BCUT2D eigenvalue weighted by molar-refractivity contribution is 7.47. The van der Waals surface area contributed by atoms with Crippen LogP contribution in [0.4, 0.5) is 0 Å². The Balaban J connectivity index is 2.55. The van der Waals surface area contributed by atoms with Crippen molar-refractivity contribution in [3.63, 3.8) is 0 Å². The van der Waals surface area contributed by atoms with Crippen molar-refractivity contribution in [1.29, 1.82) is 0 Å². The molecule has 1 aliphatic rings. The molecule has 1 saturated heterocycles. The van der Waals surface area contributed by atoms with Gasteiger partial charge in [-0.3, -0.25) is 18.1 Å². The van der Waals surface area contributed by atoms with Crippen LogP contribution in [-0.2, 0) is 32.0 Å². The third kappa shape index (κ3) is 8.52. The quantitative estimate of drug-likeness (QED) is 0.382. The van der Waals surface area contributed by atoms with Crippen LogP contribution in [0.1, 0.15) is 52.9 Å². The van der Waals surface area contributed by atoms with Crippen molar-refractivity contribution >= 4 is 15.6 Å². The lowest BCUT2D eigenvalue weighted by atomic mass is 10.2. The summed E-state index contributed by atoms with van der Waals surface area (Å²) in [4.78, 5) is 19.4. The minimum Gasteiger partial charge on any atom is -0.349 e. The molecule has 0 spiro atoms. The molecule has 0 aromatic carbocycles. The Kier molecular flexibility index (Phi) is 9.59. The summed E-state index contributed by atoms with van der Waals surface area (Å²) >= 11 is 0. The molecule has 2 N–H and O–H groups in total. The average Bonchev–Trinajstić information content (AvgIpc) is 2.84. The van der Waals surface area contributed by atoms with Gasteiger partial charge in [-0.15, -0.1) is 0 Å². The number of unbranched alkanes of at least 4 members (excludes halogenated alkanes) is 1. The molecule has 0 saturated carbocycles. The zero-order valence-corrected chi connectivity index (χ0v) is 16.1. The summed E-state index contributed by atoms with van der Waals surface area (Å²) in [5, 5.41) is 0. The van der Waals surface area contributed by atoms with Crippen LogP contribution >= 0.6 is 15.6 Å². The van der Waals surface area contributed by atoms with Gasteiger partial charge in [-0.05, 0) is 19.8 Å². The Hall–Kier alpha value is 0.180. The number of rotatable bonds is 12. The molecular weight excluding hydrogens is 362 g/mol. The van der Waals surface area contributed by atoms with Gasteiger partial charge in [-0.2, -0.15) is 0 Å². The number of phosphoric acid groups is 2. The van der Waals surface area contributed by atoms with Gasteiger partial charge in [0.1, 0.15) is 6.10 Å². The predicted molar refractivity (Wildman–Crippen MR) is 86.3 cm³/mol. The summed E-state index contributed by atoms with van der Waals surface area (Å²) in [7, 11) is -8.66. The predicted octanol–water partition coefficient (Wildman–Crippen LogP) is 3.36. The van der Waals surface area contributed by atoms with E-state index in [1.54, 1.807) is 6.92 Å². The van der Waals surface area contributed by atoms with E-state index in [0.717, 1.165) is 12.8 Å². The molecule has 5 atom stereocenters. The average molecular weight is 390 g/mol. The second-order valence-electron chi connectivity index (χ2n) is 5.61. The van der Waals surface area contributed by atoms with Crippen LogP contribution in [0.25, 0.3) is 0 Å². The highest BCUT2D eigenvalue weighted by Crippen LogP contribution is 2.51. The van der Waals surface area contributed by atoms with Gasteiger partial charge in [0.25, 0.3) is 0 Å². The smallest absolute Gasteiger partial charge is 0.349 e. The van der Waals surface area contributed by atoms with Crippen molar-refractivity contribution < 1.29 is 41.7 Å². The second-order valence-corrected chi connectivity index (χ2v) is 8.37. The molecule has 1 aliphatic heterocycles. The van der Waals surface area contributed by atoms with Gasteiger partial charge in [-0.1, -0.05) is 26.7 Å². The van der Waals surface area contributed by atoms with Crippen molar-refractivity contribution in [2.75, 3.05) is 13.2 Å². The standard InChI is InChI=1S/C13H28O9P2/c1-4-6-9-19-23(14,15)21-12-8-10-18-13(12)22-24(16,17)20-11(3)7-5-2/h11-13H,4-10H2,1-3H3,(H,14,15)(H,16,17)/t11?,12-,13+/m0/s1. The molecule has 0 amide bonds. The first-order valence-corrected chi connectivity index (χ1v) is 11.1. The Morgan fingerprint density at radius 1 is 1.17 bits per heavy atom. The number of hydrogen-bond acceptors (Lipinski definition) is 7. The molecule has 24 heavy (non-hydrogen) atoms. The fraction of sp³-hybridized carbons (Fsp3) is 1.00. The number of hydrogen-bond donors (Lipinski definition) is 2. The van der Waals surface area contributed by atoms with Crippen LogP contribution in [0, 0.1) is 0 Å². The van der Waals surface area contributed by atoms with Crippen molar-refractivity contribution in [3.8, 4) is 0 Å². The lowest BCUT2D eigenvalue weighted by molar-refractivity contribution is -0.105. The van der Waals surface area contributed by atoms with Crippen LogP contribution in [-0.4, -0.2) is 41.5 Å². The third-order valence-electron chi connectivity index (χ3n) is 3.25. The summed E-state index contributed by atoms with van der Waals surface area (Å²) in [6.45, 7) is 5.74. The van der Waals surface area contributed by atoms with Crippen LogP contribution < -0.4 is 0 Å². The van der Waals surface area contributed by atoms with Crippen molar-refractivity contribution in [1.82, 2.24) is 0 Å². The fourth-order valence-electron chi connectivity index (χ4n) is 2.11. The van der Waals surface area contributed by atoms with E-state index in [9.17, 15) is 18.9 Å². The fourth-order valence-corrected chi connectivity index (χ4v) is 4.15. The zero-order valence-electron chi connectivity index (χ0n) is 14.3. The maximum absolute atomic E-state index is 12.0. The number of phosphoric ester groups is 2. The van der Waals surface area contributed by atoms with E-state index in [4.69, 9.17) is 22.8 Å². The van der Waals surface area contributed by atoms with Crippen LogP contribution in [0.3, 0.4) is 0 Å². The zero-order chi connectivity index (χ0) is 18.2. The molecule has 0 bridgehead atoms. The van der Waals surface area contributed by atoms with Gasteiger partial charge in [-0.25, -0.2) is 9.13 Å². The summed E-state index contributed by atoms with van der Waals surface area (Å²) in [5.41, 5.74) is 0. The molecule has 1 heterocycles. The minimum absolute atomic E-state index is 0.0829. The third-order valence-corrected chi connectivity index (χ3v) is 5.40. The summed E-state index contributed by atoms with van der Waals surface area (Å²) in [6.07, 6.45) is 0.303. The van der Waals surface area contributed by atoms with Gasteiger partial charge in [0, 0.05) is 6.42 Å². The first-order valence-electron chi connectivity index (χ1n) is 8.16. The van der Waals surface area contributed by atoms with E-state index in [1.807, 2.05) is 13.8 Å². The molecule has 0 aromatic rings.